The van der Waals surface area contributed by atoms with E-state index in [1.165, 1.54) is 42.9 Å². The standard InChI is InChI=1S/C22H24FN5O3S/c1-26-19-17(21(30)27(2)22(26)31)20(25-18(24-19)14-7-9-15(23)10-8-14)32-13-16(29)28-11-5-3-4-6-12-28/h7-10H,3-6,11-13H2,1-2H3. The highest BCUT2D eigenvalue weighted by atomic mass is 32.2. The van der Waals surface area contributed by atoms with E-state index in [1.54, 1.807) is 0 Å². The van der Waals surface area contributed by atoms with E-state index in [1.807, 2.05) is 4.90 Å². The molecule has 2 aromatic heterocycles. The Hall–Kier alpha value is -3.01. The Kier molecular flexibility index (Phi) is 6.40. The van der Waals surface area contributed by atoms with E-state index < -0.39 is 17.1 Å². The second-order valence-electron chi connectivity index (χ2n) is 7.85. The van der Waals surface area contributed by atoms with Crippen LogP contribution in [0.1, 0.15) is 25.7 Å². The van der Waals surface area contributed by atoms with Gasteiger partial charge in [-0.1, -0.05) is 24.6 Å². The monoisotopic (exact) mass is 457 g/mol. The van der Waals surface area contributed by atoms with Crippen LogP contribution in [0.2, 0.25) is 0 Å². The van der Waals surface area contributed by atoms with E-state index in [-0.39, 0.29) is 28.5 Å². The van der Waals surface area contributed by atoms with Crippen molar-refractivity contribution >= 4 is 28.7 Å². The molecule has 1 aromatic carbocycles. The van der Waals surface area contributed by atoms with Crippen molar-refractivity contribution in [2.24, 2.45) is 14.1 Å². The summed E-state index contributed by atoms with van der Waals surface area (Å²) in [7, 11) is 2.93. The van der Waals surface area contributed by atoms with Gasteiger partial charge in [-0.25, -0.2) is 19.2 Å². The average molecular weight is 458 g/mol. The smallest absolute Gasteiger partial charge is 0.332 e. The lowest BCUT2D eigenvalue weighted by atomic mass is 10.2. The summed E-state index contributed by atoms with van der Waals surface area (Å²) in [6.07, 6.45) is 4.23. The zero-order valence-electron chi connectivity index (χ0n) is 18.0. The molecule has 1 fully saturated rings. The van der Waals surface area contributed by atoms with Crippen LogP contribution in [0.5, 0.6) is 0 Å². The van der Waals surface area contributed by atoms with Gasteiger partial charge in [-0.3, -0.25) is 18.7 Å². The maximum atomic E-state index is 13.4. The number of aromatic nitrogens is 4. The highest BCUT2D eigenvalue weighted by molar-refractivity contribution is 8.00. The Bertz CT molecular complexity index is 1280. The molecule has 168 valence electrons. The van der Waals surface area contributed by atoms with Crippen LogP contribution in [0.15, 0.2) is 38.9 Å². The van der Waals surface area contributed by atoms with Gasteiger partial charge in [0, 0.05) is 32.7 Å². The van der Waals surface area contributed by atoms with Crippen molar-refractivity contribution in [3.05, 3.63) is 50.9 Å². The number of carbonyl (C=O) groups is 1. The second-order valence-corrected chi connectivity index (χ2v) is 8.81. The predicted octanol–water partition coefficient (Wildman–Crippen LogP) is 2.33. The van der Waals surface area contributed by atoms with E-state index in [0.29, 0.717) is 10.6 Å². The molecule has 0 saturated carbocycles. The molecule has 0 unspecified atom stereocenters. The number of benzene rings is 1. The molecule has 8 nitrogen and oxygen atoms in total. The number of thioether (sulfide) groups is 1. The minimum Gasteiger partial charge on any atom is -0.342 e. The largest absolute Gasteiger partial charge is 0.342 e. The van der Waals surface area contributed by atoms with Crippen molar-refractivity contribution < 1.29 is 9.18 Å². The lowest BCUT2D eigenvalue weighted by molar-refractivity contribution is -0.128. The number of nitrogens with zero attached hydrogens (tertiary/aromatic N) is 5. The summed E-state index contributed by atoms with van der Waals surface area (Å²) in [5, 5.41) is 0.517. The molecule has 0 N–H and O–H groups in total. The van der Waals surface area contributed by atoms with Crippen molar-refractivity contribution in [1.29, 1.82) is 0 Å². The molecule has 1 aliphatic rings. The fourth-order valence-electron chi connectivity index (χ4n) is 3.80. The number of fused-ring (bicyclic) bond motifs is 1. The second kappa shape index (κ2) is 9.23. The van der Waals surface area contributed by atoms with Crippen LogP contribution in [-0.2, 0) is 18.9 Å². The van der Waals surface area contributed by atoms with Crippen LogP contribution in [0, 0.1) is 5.82 Å². The first-order valence-electron chi connectivity index (χ1n) is 10.5. The molecule has 0 spiro atoms. The minimum absolute atomic E-state index is 0.00589. The van der Waals surface area contributed by atoms with Gasteiger partial charge in [-0.05, 0) is 37.1 Å². The van der Waals surface area contributed by atoms with Gasteiger partial charge < -0.3 is 4.90 Å². The number of hydrogen-bond acceptors (Lipinski definition) is 6. The van der Waals surface area contributed by atoms with Gasteiger partial charge in [-0.15, -0.1) is 0 Å². The molecule has 3 aromatic rings. The topological polar surface area (TPSA) is 90.1 Å². The molecule has 0 aliphatic carbocycles. The molecular formula is C22H24FN5O3S. The summed E-state index contributed by atoms with van der Waals surface area (Å²) in [5.41, 5.74) is -0.305. The van der Waals surface area contributed by atoms with Crippen LogP contribution in [0.3, 0.4) is 0 Å². The number of halogens is 1. The highest BCUT2D eigenvalue weighted by Gasteiger charge is 2.21. The van der Waals surface area contributed by atoms with Gasteiger partial charge in [0.1, 0.15) is 16.2 Å². The quantitative estimate of drug-likeness (QED) is 0.441. The molecule has 3 heterocycles. The third-order valence-electron chi connectivity index (χ3n) is 5.66. The minimum atomic E-state index is -0.515. The van der Waals surface area contributed by atoms with Gasteiger partial charge in [0.25, 0.3) is 5.56 Å². The van der Waals surface area contributed by atoms with Crippen LogP contribution in [0.4, 0.5) is 4.39 Å². The SMILES string of the molecule is Cn1c(=O)c2c(SCC(=O)N3CCCCCC3)nc(-c3ccc(F)cc3)nc2n(C)c1=O. The Morgan fingerprint density at radius 2 is 1.66 bits per heavy atom. The van der Waals surface area contributed by atoms with Gasteiger partial charge in [0.05, 0.1) is 5.75 Å². The zero-order valence-corrected chi connectivity index (χ0v) is 18.8. The van der Waals surface area contributed by atoms with E-state index in [0.717, 1.165) is 55.1 Å². The fourth-order valence-corrected chi connectivity index (χ4v) is 4.72. The summed E-state index contributed by atoms with van der Waals surface area (Å²) in [6, 6.07) is 5.65. The van der Waals surface area contributed by atoms with Gasteiger partial charge >= 0.3 is 5.69 Å². The molecule has 0 radical (unpaired) electrons. The number of carbonyl (C=O) groups excluding carboxylic acids is 1. The molecule has 1 aliphatic heterocycles. The number of hydrogen-bond donors (Lipinski definition) is 0. The lowest BCUT2D eigenvalue weighted by Crippen LogP contribution is -2.38. The molecular weight excluding hydrogens is 433 g/mol. The zero-order chi connectivity index (χ0) is 22.8. The Morgan fingerprint density at radius 3 is 2.31 bits per heavy atom. The van der Waals surface area contributed by atoms with Gasteiger partial charge in [0.15, 0.2) is 11.5 Å². The Labute approximate surface area is 188 Å². The Balaban J connectivity index is 1.78. The van der Waals surface area contributed by atoms with Crippen LogP contribution >= 0.6 is 11.8 Å². The number of amides is 1. The number of likely N-dealkylation sites (tertiary alicyclic amines) is 1. The molecule has 1 amide bonds. The summed E-state index contributed by atoms with van der Waals surface area (Å²) >= 11 is 1.16. The van der Waals surface area contributed by atoms with Crippen LogP contribution in [-0.4, -0.2) is 48.8 Å². The van der Waals surface area contributed by atoms with Crippen molar-refractivity contribution in [2.45, 2.75) is 30.7 Å². The fraction of sp³-hybridized carbons (Fsp3) is 0.409. The summed E-state index contributed by atoms with van der Waals surface area (Å²) in [5.74, 6) is -0.0198. The first-order valence-corrected chi connectivity index (χ1v) is 11.5. The van der Waals surface area contributed by atoms with Crippen molar-refractivity contribution in [2.75, 3.05) is 18.8 Å². The highest BCUT2D eigenvalue weighted by Crippen LogP contribution is 2.26. The molecule has 0 atom stereocenters. The third-order valence-corrected chi connectivity index (χ3v) is 6.62. The van der Waals surface area contributed by atoms with E-state index in [4.69, 9.17) is 0 Å². The first kappa shape index (κ1) is 22.2. The lowest BCUT2D eigenvalue weighted by Gasteiger charge is -2.20. The molecule has 4 rings (SSSR count). The normalized spacial score (nSPS) is 14.5. The van der Waals surface area contributed by atoms with Gasteiger partial charge in [0.2, 0.25) is 5.91 Å². The number of rotatable bonds is 4. The van der Waals surface area contributed by atoms with E-state index in [2.05, 4.69) is 9.97 Å². The molecule has 0 bridgehead atoms. The number of aryl methyl sites for hydroxylation is 1. The van der Waals surface area contributed by atoms with E-state index in [9.17, 15) is 18.8 Å². The average Bonchev–Trinajstić information content (AvgIpc) is 3.09. The Morgan fingerprint density at radius 1 is 1.00 bits per heavy atom. The van der Waals surface area contributed by atoms with Crippen molar-refractivity contribution in [3.8, 4) is 11.4 Å². The maximum Gasteiger partial charge on any atom is 0.332 e. The first-order chi connectivity index (χ1) is 15.4. The maximum absolute atomic E-state index is 13.4. The van der Waals surface area contributed by atoms with Crippen LogP contribution < -0.4 is 11.2 Å². The predicted molar refractivity (Wildman–Crippen MR) is 121 cm³/mol. The van der Waals surface area contributed by atoms with Crippen molar-refractivity contribution in [3.63, 3.8) is 0 Å². The van der Waals surface area contributed by atoms with Crippen LogP contribution in [0.25, 0.3) is 22.4 Å². The summed E-state index contributed by atoms with van der Waals surface area (Å²) < 4.78 is 15.7. The van der Waals surface area contributed by atoms with E-state index >= 15 is 0 Å². The van der Waals surface area contributed by atoms with Gasteiger partial charge in [-0.2, -0.15) is 0 Å². The van der Waals surface area contributed by atoms with Crippen molar-refractivity contribution in [1.82, 2.24) is 24.0 Å². The summed E-state index contributed by atoms with van der Waals surface area (Å²) in [6.45, 7) is 1.47. The summed E-state index contributed by atoms with van der Waals surface area (Å²) in [4.78, 5) is 49.0. The molecule has 32 heavy (non-hydrogen) atoms. The molecule has 1 saturated heterocycles. The molecule has 10 heteroatoms. The third kappa shape index (κ3) is 4.32.